The number of aryl methyl sites for hydroxylation is 1. The van der Waals surface area contributed by atoms with Gasteiger partial charge in [0.25, 0.3) is 5.91 Å². The van der Waals surface area contributed by atoms with Crippen molar-refractivity contribution in [3.8, 4) is 0 Å². The molecule has 0 bridgehead atoms. The fourth-order valence-corrected chi connectivity index (χ4v) is 3.79. The van der Waals surface area contributed by atoms with Crippen LogP contribution in [0.5, 0.6) is 0 Å². The number of hydrogen-bond donors (Lipinski definition) is 1. The van der Waals surface area contributed by atoms with Gasteiger partial charge in [0.05, 0.1) is 22.2 Å². The molecule has 0 saturated heterocycles. The molecular weight excluding hydrogens is 350 g/mol. The Balaban J connectivity index is 2.01. The van der Waals surface area contributed by atoms with E-state index in [4.69, 9.17) is 11.6 Å². The van der Waals surface area contributed by atoms with Crippen molar-refractivity contribution in [3.05, 3.63) is 69.7 Å². The number of amides is 1. The molecule has 0 fully saturated rings. The number of rotatable bonds is 5. The maximum absolute atomic E-state index is 13.2. The summed E-state index contributed by atoms with van der Waals surface area (Å²) in [7, 11) is 0. The summed E-state index contributed by atoms with van der Waals surface area (Å²) in [5.41, 5.74) is 2.79. The highest BCUT2D eigenvalue weighted by Gasteiger charge is 2.33. The molecule has 26 heavy (non-hydrogen) atoms. The fraction of sp³-hybridized carbons (Fsp3) is 0.333. The molecule has 0 radical (unpaired) electrons. The van der Waals surface area contributed by atoms with Crippen LogP contribution in [0.15, 0.2) is 42.5 Å². The Morgan fingerprint density at radius 2 is 1.96 bits per heavy atom. The predicted octanol–water partition coefficient (Wildman–Crippen LogP) is 4.82. The van der Waals surface area contributed by atoms with E-state index in [0.717, 1.165) is 24.0 Å². The van der Waals surface area contributed by atoms with E-state index in [1.807, 2.05) is 11.0 Å². The van der Waals surface area contributed by atoms with Crippen molar-refractivity contribution < 1.29 is 14.7 Å². The van der Waals surface area contributed by atoms with E-state index in [1.54, 1.807) is 36.4 Å². The lowest BCUT2D eigenvalue weighted by Gasteiger charge is -2.32. The third kappa shape index (κ3) is 3.61. The lowest BCUT2D eigenvalue weighted by atomic mass is 10.0. The minimum Gasteiger partial charge on any atom is -0.478 e. The van der Waals surface area contributed by atoms with Crippen LogP contribution in [0, 0.1) is 5.92 Å². The van der Waals surface area contributed by atoms with E-state index in [1.165, 1.54) is 0 Å². The zero-order valence-corrected chi connectivity index (χ0v) is 15.7. The number of fused-ring (bicyclic) bond motifs is 1. The number of carbonyl (C=O) groups excluding carboxylic acids is 1. The molecule has 2 aromatic carbocycles. The molecule has 136 valence electrons. The van der Waals surface area contributed by atoms with Gasteiger partial charge in [-0.3, -0.25) is 4.79 Å². The van der Waals surface area contributed by atoms with Crippen LogP contribution in [0.4, 0.5) is 0 Å². The quantitative estimate of drug-likeness (QED) is 0.819. The van der Waals surface area contributed by atoms with E-state index >= 15 is 0 Å². The Hall–Kier alpha value is -2.33. The van der Waals surface area contributed by atoms with Crippen molar-refractivity contribution in [2.75, 3.05) is 6.54 Å². The molecule has 1 atom stereocenters. The summed E-state index contributed by atoms with van der Waals surface area (Å²) in [4.78, 5) is 26.4. The first-order valence-electron chi connectivity index (χ1n) is 8.80. The van der Waals surface area contributed by atoms with Gasteiger partial charge in [-0.1, -0.05) is 43.6 Å². The molecule has 1 N–H and O–H groups in total. The van der Waals surface area contributed by atoms with Gasteiger partial charge in [0, 0.05) is 6.54 Å². The Morgan fingerprint density at radius 1 is 1.23 bits per heavy atom. The largest absolute Gasteiger partial charge is 0.478 e. The summed E-state index contributed by atoms with van der Waals surface area (Å²) in [6.07, 6.45) is 1.63. The molecule has 0 saturated carbocycles. The fourth-order valence-electron chi connectivity index (χ4n) is 3.57. The molecule has 0 aliphatic heterocycles. The molecule has 0 aromatic heterocycles. The summed E-state index contributed by atoms with van der Waals surface area (Å²) in [6, 6.07) is 12.1. The van der Waals surface area contributed by atoms with Crippen molar-refractivity contribution >= 4 is 23.5 Å². The van der Waals surface area contributed by atoms with E-state index in [0.29, 0.717) is 17.1 Å². The summed E-state index contributed by atoms with van der Waals surface area (Å²) in [5, 5.41) is 9.75. The van der Waals surface area contributed by atoms with E-state index < -0.39 is 5.97 Å². The number of halogens is 1. The summed E-state index contributed by atoms with van der Waals surface area (Å²) in [6.45, 7) is 4.72. The summed E-state index contributed by atoms with van der Waals surface area (Å²) < 4.78 is 0. The van der Waals surface area contributed by atoms with Crippen LogP contribution in [0.2, 0.25) is 5.02 Å². The standard InChI is InChI=1S/C21H22ClNO3/c1-13(2)12-23(20(24)16-5-3-4-6-18(16)22)19-10-9-14-7-8-15(21(25)26)11-17(14)19/h3-8,11,13,19H,9-10,12H2,1-2H3,(H,25,26)/t19-/m1/s1. The minimum absolute atomic E-state index is 0.108. The van der Waals surface area contributed by atoms with Crippen LogP contribution >= 0.6 is 11.6 Å². The van der Waals surface area contributed by atoms with E-state index in [9.17, 15) is 14.7 Å². The highest BCUT2D eigenvalue weighted by molar-refractivity contribution is 6.33. The van der Waals surface area contributed by atoms with Crippen LogP contribution in [0.25, 0.3) is 0 Å². The normalized spacial score (nSPS) is 15.8. The molecular formula is C21H22ClNO3. The highest BCUT2D eigenvalue weighted by Crippen LogP contribution is 2.38. The average Bonchev–Trinajstić information content (AvgIpc) is 3.02. The molecule has 0 heterocycles. The second-order valence-corrected chi connectivity index (χ2v) is 7.51. The van der Waals surface area contributed by atoms with Crippen LogP contribution in [-0.2, 0) is 6.42 Å². The Labute approximate surface area is 158 Å². The summed E-state index contributed by atoms with van der Waals surface area (Å²) >= 11 is 6.25. The minimum atomic E-state index is -0.953. The third-order valence-electron chi connectivity index (χ3n) is 4.74. The van der Waals surface area contributed by atoms with E-state index in [2.05, 4.69) is 13.8 Å². The lowest BCUT2D eigenvalue weighted by molar-refractivity contribution is 0.0649. The van der Waals surface area contributed by atoms with Crippen molar-refractivity contribution in [2.24, 2.45) is 5.92 Å². The molecule has 1 aliphatic rings. The van der Waals surface area contributed by atoms with Gasteiger partial charge in [-0.05, 0) is 54.2 Å². The van der Waals surface area contributed by atoms with Crippen LogP contribution in [0.3, 0.4) is 0 Å². The van der Waals surface area contributed by atoms with Gasteiger partial charge in [0.15, 0.2) is 0 Å². The molecule has 1 amide bonds. The number of benzene rings is 2. The smallest absolute Gasteiger partial charge is 0.335 e. The maximum atomic E-state index is 13.2. The van der Waals surface area contributed by atoms with Crippen LogP contribution in [0.1, 0.15) is 58.2 Å². The maximum Gasteiger partial charge on any atom is 0.335 e. The molecule has 2 aromatic rings. The highest BCUT2D eigenvalue weighted by atomic mass is 35.5. The van der Waals surface area contributed by atoms with Gasteiger partial charge in [-0.2, -0.15) is 0 Å². The van der Waals surface area contributed by atoms with Crippen molar-refractivity contribution in [1.82, 2.24) is 4.90 Å². The van der Waals surface area contributed by atoms with Crippen molar-refractivity contribution in [3.63, 3.8) is 0 Å². The predicted molar refractivity (Wildman–Crippen MR) is 102 cm³/mol. The van der Waals surface area contributed by atoms with Crippen LogP contribution < -0.4 is 0 Å². The number of aromatic carboxylic acids is 1. The number of carboxylic acid groups (broad SMARTS) is 1. The number of hydrogen-bond acceptors (Lipinski definition) is 2. The number of carboxylic acids is 1. The zero-order chi connectivity index (χ0) is 18.8. The first-order valence-corrected chi connectivity index (χ1v) is 9.18. The van der Waals surface area contributed by atoms with Gasteiger partial charge < -0.3 is 10.0 Å². The number of nitrogens with zero attached hydrogens (tertiary/aromatic N) is 1. The van der Waals surface area contributed by atoms with Gasteiger partial charge >= 0.3 is 5.97 Å². The molecule has 0 spiro atoms. The second-order valence-electron chi connectivity index (χ2n) is 7.10. The molecule has 4 nitrogen and oxygen atoms in total. The first-order chi connectivity index (χ1) is 12.4. The molecule has 3 rings (SSSR count). The zero-order valence-electron chi connectivity index (χ0n) is 14.9. The molecule has 5 heteroatoms. The van der Waals surface area contributed by atoms with E-state index in [-0.39, 0.29) is 23.4 Å². The average molecular weight is 372 g/mol. The van der Waals surface area contributed by atoms with Gasteiger partial charge in [-0.25, -0.2) is 4.79 Å². The number of carbonyl (C=O) groups is 2. The van der Waals surface area contributed by atoms with Gasteiger partial charge in [0.2, 0.25) is 0 Å². The van der Waals surface area contributed by atoms with Gasteiger partial charge in [-0.15, -0.1) is 0 Å². The Kier molecular flexibility index (Phi) is 5.33. The third-order valence-corrected chi connectivity index (χ3v) is 5.07. The topological polar surface area (TPSA) is 57.6 Å². The second kappa shape index (κ2) is 7.50. The summed E-state index contributed by atoms with van der Waals surface area (Å²) in [5.74, 6) is -0.776. The van der Waals surface area contributed by atoms with Crippen LogP contribution in [-0.4, -0.2) is 28.4 Å². The SMILES string of the molecule is CC(C)CN(C(=O)c1ccccc1Cl)[C@@H]1CCc2ccc(C(=O)O)cc21. The molecule has 0 unspecified atom stereocenters. The van der Waals surface area contributed by atoms with Crippen molar-refractivity contribution in [2.45, 2.75) is 32.7 Å². The first kappa shape index (κ1) is 18.5. The Bertz CT molecular complexity index is 847. The Morgan fingerprint density at radius 3 is 2.62 bits per heavy atom. The van der Waals surface area contributed by atoms with Crippen molar-refractivity contribution in [1.29, 1.82) is 0 Å². The molecule has 1 aliphatic carbocycles. The van der Waals surface area contributed by atoms with Gasteiger partial charge in [0.1, 0.15) is 0 Å². The monoisotopic (exact) mass is 371 g/mol. The lowest BCUT2D eigenvalue weighted by Crippen LogP contribution is -2.37.